The first kappa shape index (κ1) is 14.3. The molecule has 102 valence electrons. The second-order valence-corrected chi connectivity index (χ2v) is 7.03. The Bertz CT molecular complexity index is 394. The lowest BCUT2D eigenvalue weighted by Gasteiger charge is -2.29. The number of thiophene rings is 1. The van der Waals surface area contributed by atoms with Crippen molar-refractivity contribution in [1.82, 2.24) is 4.90 Å². The highest BCUT2D eigenvalue weighted by Gasteiger charge is 2.28. The predicted molar refractivity (Wildman–Crippen MR) is 77.2 cm³/mol. The van der Waals surface area contributed by atoms with Gasteiger partial charge in [-0.3, -0.25) is 4.90 Å². The van der Waals surface area contributed by atoms with Crippen molar-refractivity contribution < 1.29 is 5.11 Å². The van der Waals surface area contributed by atoms with Crippen molar-refractivity contribution in [3.05, 3.63) is 21.3 Å². The second kappa shape index (κ2) is 5.88. The topological polar surface area (TPSA) is 49.5 Å². The van der Waals surface area contributed by atoms with E-state index in [4.69, 9.17) is 17.3 Å². The monoisotopic (exact) mass is 288 g/mol. The minimum atomic E-state index is -0.527. The number of nitrogens with zero attached hydrogens (tertiary/aromatic N) is 1. The van der Waals surface area contributed by atoms with Gasteiger partial charge in [0.05, 0.1) is 16.0 Å². The van der Waals surface area contributed by atoms with Crippen molar-refractivity contribution in [1.29, 1.82) is 0 Å². The molecule has 1 aromatic rings. The highest BCUT2D eigenvalue weighted by atomic mass is 35.5. The number of aliphatic hydroxyl groups is 1. The van der Waals surface area contributed by atoms with Crippen LogP contribution < -0.4 is 5.73 Å². The fraction of sp³-hybridized carbons (Fsp3) is 0.692. The van der Waals surface area contributed by atoms with Crippen molar-refractivity contribution >= 4 is 22.9 Å². The van der Waals surface area contributed by atoms with Crippen LogP contribution in [-0.4, -0.2) is 35.2 Å². The maximum Gasteiger partial charge on any atom is 0.0931 e. The molecule has 0 amide bonds. The summed E-state index contributed by atoms with van der Waals surface area (Å²) >= 11 is 7.60. The number of rotatable bonds is 3. The van der Waals surface area contributed by atoms with Crippen molar-refractivity contribution in [2.75, 3.05) is 19.6 Å². The van der Waals surface area contributed by atoms with Gasteiger partial charge in [0.15, 0.2) is 0 Å². The van der Waals surface area contributed by atoms with Gasteiger partial charge < -0.3 is 10.8 Å². The molecule has 0 spiro atoms. The van der Waals surface area contributed by atoms with Gasteiger partial charge >= 0.3 is 0 Å². The molecule has 18 heavy (non-hydrogen) atoms. The van der Waals surface area contributed by atoms with Gasteiger partial charge in [0, 0.05) is 18.0 Å². The summed E-state index contributed by atoms with van der Waals surface area (Å²) in [6.07, 6.45) is 2.69. The summed E-state index contributed by atoms with van der Waals surface area (Å²) in [5, 5.41) is 10.1. The molecule has 1 fully saturated rings. The smallest absolute Gasteiger partial charge is 0.0931 e. The van der Waals surface area contributed by atoms with E-state index in [0.29, 0.717) is 6.54 Å². The SMILES string of the molecule is CC1(O)CCCN(C(CN)c2ccc(Cl)s2)CC1. The molecule has 2 heterocycles. The van der Waals surface area contributed by atoms with Crippen molar-refractivity contribution in [2.24, 2.45) is 5.73 Å². The largest absolute Gasteiger partial charge is 0.390 e. The maximum atomic E-state index is 10.1. The average Bonchev–Trinajstić information content (AvgIpc) is 2.64. The van der Waals surface area contributed by atoms with Gasteiger partial charge in [-0.1, -0.05) is 11.6 Å². The van der Waals surface area contributed by atoms with Gasteiger partial charge in [0.1, 0.15) is 0 Å². The van der Waals surface area contributed by atoms with E-state index in [0.717, 1.165) is 36.7 Å². The summed E-state index contributed by atoms with van der Waals surface area (Å²) in [5.41, 5.74) is 5.40. The number of hydrogen-bond donors (Lipinski definition) is 2. The molecule has 2 atom stereocenters. The fourth-order valence-electron chi connectivity index (χ4n) is 2.55. The predicted octanol–water partition coefficient (Wildman–Crippen LogP) is 2.64. The number of hydrogen-bond acceptors (Lipinski definition) is 4. The molecule has 0 aromatic carbocycles. The van der Waals surface area contributed by atoms with E-state index in [1.807, 2.05) is 13.0 Å². The second-order valence-electron chi connectivity index (χ2n) is 5.28. The van der Waals surface area contributed by atoms with E-state index in [2.05, 4.69) is 11.0 Å². The van der Waals surface area contributed by atoms with Gasteiger partial charge in [-0.2, -0.15) is 0 Å². The molecule has 2 rings (SSSR count). The van der Waals surface area contributed by atoms with Crippen LogP contribution in [0.3, 0.4) is 0 Å². The third-order valence-corrected chi connectivity index (χ3v) is 5.02. The average molecular weight is 289 g/mol. The Morgan fingerprint density at radius 3 is 2.89 bits per heavy atom. The quantitative estimate of drug-likeness (QED) is 0.899. The molecule has 1 aromatic heterocycles. The molecular formula is C13H21ClN2OS. The highest BCUT2D eigenvalue weighted by molar-refractivity contribution is 7.16. The molecule has 3 nitrogen and oxygen atoms in total. The van der Waals surface area contributed by atoms with Crippen LogP contribution in [-0.2, 0) is 0 Å². The first-order valence-electron chi connectivity index (χ1n) is 6.43. The van der Waals surface area contributed by atoms with Crippen molar-refractivity contribution in [3.63, 3.8) is 0 Å². The Labute approximate surface area is 118 Å². The van der Waals surface area contributed by atoms with E-state index in [1.54, 1.807) is 11.3 Å². The Morgan fingerprint density at radius 2 is 2.28 bits per heavy atom. The van der Waals surface area contributed by atoms with E-state index < -0.39 is 5.60 Å². The standard InChI is InChI=1S/C13H21ClN2OS/c1-13(17)5-2-7-16(8-6-13)10(9-15)11-3-4-12(14)18-11/h3-4,10,17H,2,5-9,15H2,1H3. The van der Waals surface area contributed by atoms with E-state index >= 15 is 0 Å². The number of likely N-dealkylation sites (tertiary alicyclic amines) is 1. The van der Waals surface area contributed by atoms with Crippen LogP contribution in [0.15, 0.2) is 12.1 Å². The maximum absolute atomic E-state index is 10.1. The Morgan fingerprint density at radius 1 is 1.50 bits per heavy atom. The van der Waals surface area contributed by atoms with E-state index in [9.17, 15) is 5.11 Å². The fourth-order valence-corrected chi connectivity index (χ4v) is 3.76. The zero-order valence-electron chi connectivity index (χ0n) is 10.7. The highest BCUT2D eigenvalue weighted by Crippen LogP contribution is 2.32. The molecule has 0 aliphatic carbocycles. The van der Waals surface area contributed by atoms with Crippen LogP contribution in [0.2, 0.25) is 4.34 Å². The van der Waals surface area contributed by atoms with Gasteiger partial charge in [-0.05, 0) is 44.9 Å². The lowest BCUT2D eigenvalue weighted by molar-refractivity contribution is 0.0432. The zero-order chi connectivity index (χ0) is 13.2. The summed E-state index contributed by atoms with van der Waals surface area (Å²) < 4.78 is 0.810. The van der Waals surface area contributed by atoms with Gasteiger partial charge in [-0.25, -0.2) is 0 Å². The minimum absolute atomic E-state index is 0.233. The van der Waals surface area contributed by atoms with Crippen LogP contribution in [0.5, 0.6) is 0 Å². The Kier molecular flexibility index (Phi) is 4.67. The molecule has 1 aliphatic heterocycles. The number of halogens is 1. The normalized spacial score (nSPS) is 28.0. The summed E-state index contributed by atoms with van der Waals surface area (Å²) in [4.78, 5) is 3.60. The van der Waals surface area contributed by atoms with E-state index in [-0.39, 0.29) is 6.04 Å². The molecule has 0 bridgehead atoms. The minimum Gasteiger partial charge on any atom is -0.390 e. The molecule has 0 radical (unpaired) electrons. The molecule has 1 saturated heterocycles. The summed E-state index contributed by atoms with van der Waals surface area (Å²) in [6, 6.07) is 4.22. The first-order chi connectivity index (χ1) is 8.52. The van der Waals surface area contributed by atoms with Crippen LogP contribution >= 0.6 is 22.9 Å². The molecule has 3 N–H and O–H groups in total. The zero-order valence-corrected chi connectivity index (χ0v) is 12.3. The van der Waals surface area contributed by atoms with Crippen molar-refractivity contribution in [3.8, 4) is 0 Å². The lowest BCUT2D eigenvalue weighted by Crippen LogP contribution is -2.35. The van der Waals surface area contributed by atoms with Gasteiger partial charge in [0.25, 0.3) is 0 Å². The van der Waals surface area contributed by atoms with Gasteiger partial charge in [-0.15, -0.1) is 11.3 Å². The first-order valence-corrected chi connectivity index (χ1v) is 7.63. The lowest BCUT2D eigenvalue weighted by atomic mass is 9.98. The molecule has 5 heteroatoms. The van der Waals surface area contributed by atoms with Crippen molar-refractivity contribution in [2.45, 2.75) is 37.8 Å². The van der Waals surface area contributed by atoms with E-state index in [1.165, 1.54) is 4.88 Å². The third-order valence-electron chi connectivity index (χ3n) is 3.68. The Hall–Kier alpha value is -0.130. The molecule has 0 saturated carbocycles. The summed E-state index contributed by atoms with van der Waals surface area (Å²) in [7, 11) is 0. The third kappa shape index (κ3) is 3.45. The van der Waals surface area contributed by atoms with Crippen LogP contribution in [0.4, 0.5) is 0 Å². The molecule has 1 aliphatic rings. The van der Waals surface area contributed by atoms with Crippen LogP contribution in [0.1, 0.15) is 37.1 Å². The summed E-state index contributed by atoms with van der Waals surface area (Å²) in [6.45, 7) is 4.41. The Balaban J connectivity index is 2.08. The van der Waals surface area contributed by atoms with Crippen LogP contribution in [0, 0.1) is 0 Å². The number of nitrogens with two attached hydrogens (primary N) is 1. The molecule has 2 unspecified atom stereocenters. The molecular weight excluding hydrogens is 268 g/mol. The summed E-state index contributed by atoms with van der Waals surface area (Å²) in [5.74, 6) is 0. The van der Waals surface area contributed by atoms with Crippen LogP contribution in [0.25, 0.3) is 0 Å². The van der Waals surface area contributed by atoms with Gasteiger partial charge in [0.2, 0.25) is 0 Å².